The average molecular weight is 899 g/mol. The third-order valence-corrected chi connectivity index (χ3v) is 14.3. The Bertz CT molecular complexity index is 3570. The average Bonchev–Trinajstić information content (AvgIpc) is 3.77. The van der Waals surface area contributed by atoms with E-state index in [1.54, 1.807) is 0 Å². The molecule has 0 atom stereocenters. The zero-order valence-corrected chi connectivity index (χ0v) is 39.0. The zero-order chi connectivity index (χ0) is 46.0. The summed E-state index contributed by atoms with van der Waals surface area (Å²) in [5, 5.41) is 7.37. The number of nitrogens with zero attached hydrogens (tertiary/aromatic N) is 2. The van der Waals surface area contributed by atoms with Gasteiger partial charge in [0.25, 0.3) is 0 Å². The number of hydrogen-bond donors (Lipinski definition) is 0. The van der Waals surface area contributed by atoms with Gasteiger partial charge in [-0.15, -0.1) is 11.3 Å². The highest BCUT2D eigenvalue weighted by Gasteiger charge is 2.18. The summed E-state index contributed by atoms with van der Waals surface area (Å²) in [7, 11) is 1.44. The fourth-order valence-corrected chi connectivity index (χ4v) is 10.8. The lowest BCUT2D eigenvalue weighted by molar-refractivity contribution is -0.140. The van der Waals surface area contributed by atoms with E-state index in [2.05, 4.69) is 235 Å². The SMILES string of the molecule is CCCc1ccc(N(c2ccc(-c3ccc4c(c3)sc3cc(-c5ccc(N(c6ccc(CCC(=O)OC)cc6)c6cccc7ccccc67)cc5)ccc34)cc2)c2cccc3ccccc23)cc1. The van der Waals surface area contributed by atoms with Gasteiger partial charge in [0.05, 0.1) is 18.5 Å². The molecule has 1 heterocycles. The molecule has 1 aromatic heterocycles. The molecule has 0 aliphatic rings. The Morgan fingerprint density at radius 3 is 1.26 bits per heavy atom. The second-order valence-electron chi connectivity index (χ2n) is 17.4. The predicted molar refractivity (Wildman–Crippen MR) is 289 cm³/mol. The summed E-state index contributed by atoms with van der Waals surface area (Å²) in [6, 6.07) is 79.6. The molecule has 0 aliphatic carbocycles. The lowest BCUT2D eigenvalue weighted by atomic mass is 10.0. The first-order valence-electron chi connectivity index (χ1n) is 23.5. The standard InChI is InChI=1S/C63H50N2O2S/c1-3-10-43-19-30-51(31-20-43)64(59-17-8-13-47-11-4-6-15-55(47)59)53-34-24-45(25-35-53)49-28-38-57-58-39-29-50(42-62(58)68-61(57)41-49)46-26-36-54(37-27-46)65(60-18-9-14-48-12-5-7-16-56(48)60)52-32-21-44(22-33-52)23-40-63(66)67-2/h4-9,11-22,24-39,41-42H,3,10,23,40H2,1-2H3. The van der Waals surface area contributed by atoms with Crippen LogP contribution < -0.4 is 9.80 Å². The molecule has 11 aromatic rings. The Hall–Kier alpha value is -7.99. The number of hydrogen-bond acceptors (Lipinski definition) is 5. The number of rotatable bonds is 13. The van der Waals surface area contributed by atoms with Crippen molar-refractivity contribution in [1.82, 2.24) is 0 Å². The lowest BCUT2D eigenvalue weighted by Gasteiger charge is -2.27. The van der Waals surface area contributed by atoms with Crippen molar-refractivity contribution < 1.29 is 9.53 Å². The maximum absolute atomic E-state index is 11.9. The van der Waals surface area contributed by atoms with Gasteiger partial charge in [-0.1, -0.05) is 159 Å². The highest BCUT2D eigenvalue weighted by atomic mass is 32.1. The van der Waals surface area contributed by atoms with Crippen LogP contribution in [0.2, 0.25) is 0 Å². The minimum Gasteiger partial charge on any atom is -0.469 e. The van der Waals surface area contributed by atoms with Crippen LogP contribution in [-0.2, 0) is 22.4 Å². The van der Waals surface area contributed by atoms with E-state index in [-0.39, 0.29) is 5.97 Å². The molecular weight excluding hydrogens is 849 g/mol. The summed E-state index contributed by atoms with van der Waals surface area (Å²) in [4.78, 5) is 16.6. The molecule has 0 fully saturated rings. The largest absolute Gasteiger partial charge is 0.469 e. The number of aryl methyl sites for hydroxylation is 2. The number of methoxy groups -OCH3 is 1. The first-order valence-corrected chi connectivity index (χ1v) is 24.3. The second kappa shape index (κ2) is 18.7. The highest BCUT2D eigenvalue weighted by Crippen LogP contribution is 2.43. The van der Waals surface area contributed by atoms with E-state index in [0.717, 1.165) is 46.8 Å². The monoisotopic (exact) mass is 898 g/mol. The van der Waals surface area contributed by atoms with Crippen molar-refractivity contribution >= 4 is 93.1 Å². The minimum atomic E-state index is -0.199. The maximum atomic E-state index is 11.9. The zero-order valence-electron chi connectivity index (χ0n) is 38.2. The Morgan fingerprint density at radius 1 is 0.426 bits per heavy atom. The van der Waals surface area contributed by atoms with E-state index in [4.69, 9.17) is 4.74 Å². The summed E-state index contributed by atoms with van der Waals surface area (Å²) in [6.07, 6.45) is 3.20. The number of thiophene rings is 1. The summed E-state index contributed by atoms with van der Waals surface area (Å²) >= 11 is 1.86. The van der Waals surface area contributed by atoms with Gasteiger partial charge in [-0.3, -0.25) is 4.79 Å². The smallest absolute Gasteiger partial charge is 0.305 e. The Morgan fingerprint density at radius 2 is 0.824 bits per heavy atom. The third kappa shape index (κ3) is 8.38. The van der Waals surface area contributed by atoms with Crippen LogP contribution in [0.25, 0.3) is 64.0 Å². The third-order valence-electron chi connectivity index (χ3n) is 13.2. The number of benzene rings is 10. The van der Waals surface area contributed by atoms with Crippen LogP contribution in [0.4, 0.5) is 34.1 Å². The van der Waals surface area contributed by atoms with Crippen molar-refractivity contribution in [2.75, 3.05) is 16.9 Å². The van der Waals surface area contributed by atoms with Gasteiger partial charge < -0.3 is 14.5 Å². The molecule has 0 saturated carbocycles. The normalized spacial score (nSPS) is 11.4. The molecule has 5 heteroatoms. The summed E-state index contributed by atoms with van der Waals surface area (Å²) in [6.45, 7) is 2.23. The van der Waals surface area contributed by atoms with Crippen LogP contribution in [0.1, 0.15) is 30.9 Å². The highest BCUT2D eigenvalue weighted by molar-refractivity contribution is 7.25. The molecule has 11 rings (SSSR count). The van der Waals surface area contributed by atoms with Gasteiger partial charge in [-0.25, -0.2) is 0 Å². The van der Waals surface area contributed by atoms with Crippen LogP contribution in [-0.4, -0.2) is 13.1 Å². The second-order valence-corrected chi connectivity index (χ2v) is 18.5. The maximum Gasteiger partial charge on any atom is 0.305 e. The number of ether oxygens (including phenoxy) is 1. The number of carbonyl (C=O) groups is 1. The van der Waals surface area contributed by atoms with E-state index in [1.807, 2.05) is 11.3 Å². The first-order chi connectivity index (χ1) is 33.5. The molecule has 330 valence electrons. The van der Waals surface area contributed by atoms with Crippen molar-refractivity contribution in [3.8, 4) is 22.3 Å². The van der Waals surface area contributed by atoms with Crippen LogP contribution in [0.5, 0.6) is 0 Å². The van der Waals surface area contributed by atoms with Crippen molar-refractivity contribution in [3.05, 3.63) is 230 Å². The van der Waals surface area contributed by atoms with Gasteiger partial charge in [-0.2, -0.15) is 0 Å². The van der Waals surface area contributed by atoms with Crippen molar-refractivity contribution in [1.29, 1.82) is 0 Å². The van der Waals surface area contributed by atoms with Gasteiger partial charge in [0.15, 0.2) is 0 Å². The molecule has 0 bridgehead atoms. The number of anilines is 6. The summed E-state index contributed by atoms with van der Waals surface area (Å²) in [5.41, 5.74) is 13.9. The molecule has 0 aliphatic heterocycles. The molecule has 0 unspecified atom stereocenters. The Labute approximate surface area is 401 Å². The molecule has 68 heavy (non-hydrogen) atoms. The lowest BCUT2D eigenvalue weighted by Crippen LogP contribution is -2.10. The molecule has 0 N–H and O–H groups in total. The van der Waals surface area contributed by atoms with Crippen LogP contribution >= 0.6 is 11.3 Å². The van der Waals surface area contributed by atoms with Gasteiger partial charge in [0, 0.05) is 60.1 Å². The summed E-state index contributed by atoms with van der Waals surface area (Å²) in [5.74, 6) is -0.199. The number of fused-ring (bicyclic) bond motifs is 5. The Kier molecular flexibility index (Phi) is 11.7. The number of esters is 1. The van der Waals surface area contributed by atoms with Crippen LogP contribution in [0.15, 0.2) is 218 Å². The van der Waals surface area contributed by atoms with Crippen molar-refractivity contribution in [2.45, 2.75) is 32.6 Å². The fourth-order valence-electron chi connectivity index (χ4n) is 9.66. The summed E-state index contributed by atoms with van der Waals surface area (Å²) < 4.78 is 7.43. The molecule has 0 saturated heterocycles. The van der Waals surface area contributed by atoms with E-state index in [9.17, 15) is 4.79 Å². The minimum absolute atomic E-state index is 0.199. The van der Waals surface area contributed by atoms with Crippen LogP contribution in [0, 0.1) is 0 Å². The predicted octanol–water partition coefficient (Wildman–Crippen LogP) is 17.7. The van der Waals surface area contributed by atoms with Gasteiger partial charge in [-0.05, 0) is 130 Å². The topological polar surface area (TPSA) is 32.8 Å². The van der Waals surface area contributed by atoms with Gasteiger partial charge in [0.1, 0.15) is 0 Å². The fraction of sp³-hybridized carbons (Fsp3) is 0.0952. The molecule has 0 spiro atoms. The van der Waals surface area contributed by atoms with E-state index in [0.29, 0.717) is 12.8 Å². The molecule has 0 amide bonds. The first kappa shape index (κ1) is 42.6. The van der Waals surface area contributed by atoms with Crippen LogP contribution in [0.3, 0.4) is 0 Å². The molecule has 10 aromatic carbocycles. The van der Waals surface area contributed by atoms with E-state index >= 15 is 0 Å². The van der Waals surface area contributed by atoms with Crippen molar-refractivity contribution in [2.24, 2.45) is 0 Å². The molecular formula is C63H50N2O2S. The van der Waals surface area contributed by atoms with E-state index < -0.39 is 0 Å². The van der Waals surface area contributed by atoms with Gasteiger partial charge in [0.2, 0.25) is 0 Å². The quantitative estimate of drug-likeness (QED) is 0.108. The van der Waals surface area contributed by atoms with E-state index in [1.165, 1.54) is 82.3 Å². The Balaban J connectivity index is 0.885. The molecule has 4 nitrogen and oxygen atoms in total. The van der Waals surface area contributed by atoms with Gasteiger partial charge >= 0.3 is 5.97 Å². The molecule has 0 radical (unpaired) electrons. The number of carbonyl (C=O) groups excluding carboxylic acids is 1. The van der Waals surface area contributed by atoms with Crippen molar-refractivity contribution in [3.63, 3.8) is 0 Å².